The average molecular weight is 251 g/mol. The van der Waals surface area contributed by atoms with Crippen molar-refractivity contribution in [3.8, 4) is 0 Å². The fourth-order valence-corrected chi connectivity index (χ4v) is 2.26. The summed E-state index contributed by atoms with van der Waals surface area (Å²) < 4.78 is 12.8. The summed E-state index contributed by atoms with van der Waals surface area (Å²) in [6.07, 6.45) is 5.71. The molecule has 1 fully saturated rings. The van der Waals surface area contributed by atoms with E-state index < -0.39 is 0 Å². The van der Waals surface area contributed by atoms with E-state index in [1.165, 1.54) is 30.5 Å². The Balaban J connectivity index is 1.80. The van der Waals surface area contributed by atoms with Crippen molar-refractivity contribution in [1.29, 1.82) is 0 Å². The summed E-state index contributed by atoms with van der Waals surface area (Å²) in [7, 11) is 0. The summed E-state index contributed by atoms with van der Waals surface area (Å²) in [5.41, 5.74) is 1.19. The molecule has 0 atom stereocenters. The van der Waals surface area contributed by atoms with Crippen LogP contribution >= 0.6 is 0 Å². The van der Waals surface area contributed by atoms with Gasteiger partial charge in [0.15, 0.2) is 0 Å². The van der Waals surface area contributed by atoms with Crippen LogP contribution in [0.5, 0.6) is 0 Å². The van der Waals surface area contributed by atoms with E-state index in [-0.39, 0.29) is 5.82 Å². The van der Waals surface area contributed by atoms with Crippen molar-refractivity contribution >= 4 is 0 Å². The zero-order chi connectivity index (χ0) is 12.8. The Hall–Kier alpha value is -0.930. The molecule has 0 spiro atoms. The molecule has 1 saturated carbocycles. The van der Waals surface area contributed by atoms with Gasteiger partial charge in [0.1, 0.15) is 5.82 Å². The maximum absolute atomic E-state index is 12.8. The third-order valence-corrected chi connectivity index (χ3v) is 3.47. The molecule has 0 saturated heterocycles. The van der Waals surface area contributed by atoms with Crippen LogP contribution in [0, 0.1) is 5.82 Å². The van der Waals surface area contributed by atoms with E-state index >= 15 is 0 Å². The average Bonchev–Trinajstić information content (AvgIpc) is 3.20. The van der Waals surface area contributed by atoms with Gasteiger partial charge in [0.05, 0.1) is 0 Å². The topological polar surface area (TPSA) is 23.5 Å². The minimum Gasteiger partial charge on any atom is -0.396 e. The highest BCUT2D eigenvalue weighted by Gasteiger charge is 2.28. The van der Waals surface area contributed by atoms with Crippen LogP contribution in [0.3, 0.4) is 0 Å². The molecule has 0 aromatic heterocycles. The molecule has 18 heavy (non-hydrogen) atoms. The van der Waals surface area contributed by atoms with Gasteiger partial charge in [0, 0.05) is 19.2 Å². The van der Waals surface area contributed by atoms with Gasteiger partial charge in [-0.25, -0.2) is 4.39 Å². The van der Waals surface area contributed by atoms with Gasteiger partial charge in [0.25, 0.3) is 0 Å². The van der Waals surface area contributed by atoms with Gasteiger partial charge in [-0.3, -0.25) is 4.90 Å². The quantitative estimate of drug-likeness (QED) is 0.718. The van der Waals surface area contributed by atoms with Gasteiger partial charge >= 0.3 is 0 Å². The maximum Gasteiger partial charge on any atom is 0.123 e. The Morgan fingerprint density at radius 2 is 1.83 bits per heavy atom. The van der Waals surface area contributed by atoms with Crippen molar-refractivity contribution in [2.45, 2.75) is 44.7 Å². The molecule has 0 aliphatic heterocycles. The zero-order valence-corrected chi connectivity index (χ0v) is 10.8. The molecule has 1 aromatic carbocycles. The van der Waals surface area contributed by atoms with Crippen LogP contribution in [-0.2, 0) is 6.54 Å². The maximum atomic E-state index is 12.8. The Morgan fingerprint density at radius 1 is 1.11 bits per heavy atom. The fraction of sp³-hybridized carbons (Fsp3) is 0.600. The minimum atomic E-state index is -0.167. The molecule has 1 N–H and O–H groups in total. The Bertz CT molecular complexity index is 348. The second-order valence-corrected chi connectivity index (χ2v) is 5.11. The SMILES string of the molecule is OCCCCCN(Cc1ccc(F)cc1)C1CC1. The lowest BCUT2D eigenvalue weighted by atomic mass is 10.2. The lowest BCUT2D eigenvalue weighted by Crippen LogP contribution is -2.26. The van der Waals surface area contributed by atoms with E-state index in [9.17, 15) is 4.39 Å². The van der Waals surface area contributed by atoms with Crippen LogP contribution in [-0.4, -0.2) is 29.2 Å². The van der Waals surface area contributed by atoms with E-state index in [2.05, 4.69) is 4.90 Å². The van der Waals surface area contributed by atoms with Gasteiger partial charge < -0.3 is 5.11 Å². The molecular weight excluding hydrogens is 229 g/mol. The number of rotatable bonds is 8. The molecule has 2 nitrogen and oxygen atoms in total. The molecule has 1 aliphatic rings. The number of aliphatic hydroxyl groups excluding tert-OH is 1. The molecule has 0 radical (unpaired) electrons. The molecule has 0 unspecified atom stereocenters. The lowest BCUT2D eigenvalue weighted by Gasteiger charge is -2.22. The number of aliphatic hydroxyl groups is 1. The lowest BCUT2D eigenvalue weighted by molar-refractivity contribution is 0.238. The molecular formula is C15H22FNO. The Labute approximate surface area is 108 Å². The fourth-order valence-electron chi connectivity index (χ4n) is 2.26. The second kappa shape index (κ2) is 6.86. The summed E-state index contributed by atoms with van der Waals surface area (Å²) in [6, 6.07) is 7.54. The summed E-state index contributed by atoms with van der Waals surface area (Å²) in [6.45, 7) is 2.30. The van der Waals surface area contributed by atoms with Gasteiger partial charge in [0.2, 0.25) is 0 Å². The number of benzene rings is 1. The van der Waals surface area contributed by atoms with Crippen molar-refractivity contribution in [1.82, 2.24) is 4.90 Å². The number of hydrogen-bond acceptors (Lipinski definition) is 2. The third kappa shape index (κ3) is 4.39. The van der Waals surface area contributed by atoms with Crippen LogP contribution < -0.4 is 0 Å². The van der Waals surface area contributed by atoms with Crippen LogP contribution in [0.25, 0.3) is 0 Å². The van der Waals surface area contributed by atoms with Crippen molar-refractivity contribution in [2.24, 2.45) is 0 Å². The molecule has 100 valence electrons. The van der Waals surface area contributed by atoms with E-state index in [0.717, 1.165) is 38.4 Å². The largest absolute Gasteiger partial charge is 0.396 e. The first-order chi connectivity index (χ1) is 8.79. The molecule has 3 heteroatoms. The predicted molar refractivity (Wildman–Crippen MR) is 70.8 cm³/mol. The van der Waals surface area contributed by atoms with Crippen LogP contribution in [0.15, 0.2) is 24.3 Å². The van der Waals surface area contributed by atoms with Crippen LogP contribution in [0.4, 0.5) is 4.39 Å². The highest BCUT2D eigenvalue weighted by atomic mass is 19.1. The zero-order valence-electron chi connectivity index (χ0n) is 10.8. The van der Waals surface area contributed by atoms with Gasteiger partial charge in [-0.05, 0) is 56.3 Å². The summed E-state index contributed by atoms with van der Waals surface area (Å²) in [5.74, 6) is -0.167. The molecule has 0 heterocycles. The van der Waals surface area contributed by atoms with E-state index in [1.54, 1.807) is 0 Å². The predicted octanol–water partition coefficient (Wildman–Crippen LogP) is 2.95. The first-order valence-electron chi connectivity index (χ1n) is 6.89. The summed E-state index contributed by atoms with van der Waals surface area (Å²) in [4.78, 5) is 2.49. The van der Waals surface area contributed by atoms with Gasteiger partial charge in [-0.2, -0.15) is 0 Å². The van der Waals surface area contributed by atoms with Crippen molar-refractivity contribution in [2.75, 3.05) is 13.2 Å². The molecule has 2 rings (SSSR count). The van der Waals surface area contributed by atoms with E-state index in [0.29, 0.717) is 6.61 Å². The summed E-state index contributed by atoms with van der Waals surface area (Å²) >= 11 is 0. The number of hydrogen-bond donors (Lipinski definition) is 1. The van der Waals surface area contributed by atoms with Crippen molar-refractivity contribution in [3.05, 3.63) is 35.6 Å². The van der Waals surface area contributed by atoms with Crippen LogP contribution in [0.1, 0.15) is 37.7 Å². The smallest absolute Gasteiger partial charge is 0.123 e. The first kappa shape index (κ1) is 13.5. The third-order valence-electron chi connectivity index (χ3n) is 3.47. The van der Waals surface area contributed by atoms with Crippen molar-refractivity contribution < 1.29 is 9.50 Å². The highest BCUT2D eigenvalue weighted by molar-refractivity contribution is 5.16. The molecule has 0 amide bonds. The minimum absolute atomic E-state index is 0.167. The summed E-state index contributed by atoms with van der Waals surface area (Å²) in [5, 5.41) is 8.77. The highest BCUT2D eigenvalue weighted by Crippen LogP contribution is 2.28. The monoisotopic (exact) mass is 251 g/mol. The molecule has 1 aromatic rings. The van der Waals surface area contributed by atoms with Gasteiger partial charge in [-0.15, -0.1) is 0 Å². The molecule has 1 aliphatic carbocycles. The van der Waals surface area contributed by atoms with E-state index in [4.69, 9.17) is 5.11 Å². The molecule has 0 bridgehead atoms. The van der Waals surface area contributed by atoms with E-state index in [1.807, 2.05) is 12.1 Å². The number of unbranched alkanes of at least 4 members (excludes halogenated alkanes) is 2. The van der Waals surface area contributed by atoms with Gasteiger partial charge in [-0.1, -0.05) is 12.1 Å². The Kier molecular flexibility index (Phi) is 5.14. The second-order valence-electron chi connectivity index (χ2n) is 5.11. The van der Waals surface area contributed by atoms with Crippen molar-refractivity contribution in [3.63, 3.8) is 0 Å². The normalized spacial score (nSPS) is 15.3. The first-order valence-corrected chi connectivity index (χ1v) is 6.89. The Morgan fingerprint density at radius 3 is 2.44 bits per heavy atom. The number of nitrogens with zero attached hydrogens (tertiary/aromatic N) is 1. The van der Waals surface area contributed by atoms with Crippen LogP contribution in [0.2, 0.25) is 0 Å². The standard InChI is InChI=1S/C15H22FNO/c16-14-6-4-13(5-7-14)12-17(15-8-9-15)10-2-1-3-11-18/h4-7,15,18H,1-3,8-12H2. The number of halogens is 1.